The van der Waals surface area contributed by atoms with E-state index in [4.69, 9.17) is 5.73 Å². The lowest BCUT2D eigenvalue weighted by atomic mass is 9.79. The zero-order chi connectivity index (χ0) is 8.39. The fourth-order valence-corrected chi connectivity index (χ4v) is 1.71. The summed E-state index contributed by atoms with van der Waals surface area (Å²) in [6, 6.07) is 4.17. The molecule has 0 unspecified atom stereocenters. The van der Waals surface area contributed by atoms with Crippen LogP contribution in [0.15, 0.2) is 18.3 Å². The van der Waals surface area contributed by atoms with Crippen molar-refractivity contribution < 1.29 is 0 Å². The lowest BCUT2D eigenvalue weighted by Crippen LogP contribution is -2.14. The highest BCUT2D eigenvalue weighted by molar-refractivity contribution is 5.85. The summed E-state index contributed by atoms with van der Waals surface area (Å²) < 4.78 is 0. The van der Waals surface area contributed by atoms with E-state index in [0.717, 1.165) is 11.6 Å². The molecule has 0 aliphatic heterocycles. The largest absolute Gasteiger partial charge is 0.325 e. The molecule has 1 saturated carbocycles. The number of hydrogen-bond acceptors (Lipinski definition) is 2. The predicted molar refractivity (Wildman–Crippen MR) is 63.2 cm³/mol. The van der Waals surface area contributed by atoms with Gasteiger partial charge in [0.05, 0.1) is 5.69 Å². The van der Waals surface area contributed by atoms with Gasteiger partial charge in [-0.15, -0.1) is 24.8 Å². The van der Waals surface area contributed by atoms with Crippen molar-refractivity contribution in [2.75, 3.05) is 0 Å². The van der Waals surface area contributed by atoms with Crippen molar-refractivity contribution in [2.45, 2.75) is 31.7 Å². The fourth-order valence-electron chi connectivity index (χ4n) is 1.71. The summed E-state index contributed by atoms with van der Waals surface area (Å²) in [7, 11) is 0. The van der Waals surface area contributed by atoms with Crippen LogP contribution < -0.4 is 5.73 Å². The van der Waals surface area contributed by atoms with E-state index in [0.29, 0.717) is 6.54 Å². The van der Waals surface area contributed by atoms with Crippen LogP contribution in [0.3, 0.4) is 0 Å². The molecule has 2 rings (SSSR count). The van der Waals surface area contributed by atoms with Gasteiger partial charge in [0, 0.05) is 12.7 Å². The molecule has 4 heteroatoms. The molecule has 0 amide bonds. The van der Waals surface area contributed by atoms with Crippen LogP contribution in [0.5, 0.6) is 0 Å². The normalized spacial score (nSPS) is 14.9. The summed E-state index contributed by atoms with van der Waals surface area (Å²) in [6.45, 7) is 0.576. The Labute approximate surface area is 97.1 Å². The lowest BCUT2D eigenvalue weighted by molar-refractivity contribution is 0.416. The van der Waals surface area contributed by atoms with Crippen LogP contribution in [0.2, 0.25) is 0 Å². The maximum absolute atomic E-state index is 5.60. The number of nitrogens with zero attached hydrogens (tertiary/aromatic N) is 1. The number of hydrogen-bond donors (Lipinski definition) is 1. The van der Waals surface area contributed by atoms with Crippen molar-refractivity contribution in [2.24, 2.45) is 5.73 Å². The smallest absolute Gasteiger partial charge is 0.0574 e. The molecule has 1 aromatic rings. The van der Waals surface area contributed by atoms with Crippen molar-refractivity contribution in [3.05, 3.63) is 29.6 Å². The lowest BCUT2D eigenvalue weighted by Gasteiger charge is -2.26. The monoisotopic (exact) mass is 234 g/mol. The van der Waals surface area contributed by atoms with Gasteiger partial charge in [0.2, 0.25) is 0 Å². The minimum atomic E-state index is 0. The molecule has 1 aliphatic rings. The Morgan fingerprint density at radius 3 is 2.57 bits per heavy atom. The van der Waals surface area contributed by atoms with Crippen molar-refractivity contribution in [1.82, 2.24) is 4.98 Å². The van der Waals surface area contributed by atoms with Gasteiger partial charge in [-0.1, -0.05) is 12.5 Å². The molecule has 14 heavy (non-hydrogen) atoms. The summed E-state index contributed by atoms with van der Waals surface area (Å²) in [5.74, 6) is 0.747. The zero-order valence-electron chi connectivity index (χ0n) is 7.98. The summed E-state index contributed by atoms with van der Waals surface area (Å²) in [6.07, 6.45) is 5.82. The third-order valence-electron chi connectivity index (χ3n) is 2.66. The van der Waals surface area contributed by atoms with E-state index in [1.807, 2.05) is 12.3 Å². The van der Waals surface area contributed by atoms with Gasteiger partial charge in [-0.3, -0.25) is 4.98 Å². The van der Waals surface area contributed by atoms with Crippen LogP contribution in [0.25, 0.3) is 0 Å². The molecule has 0 spiro atoms. The van der Waals surface area contributed by atoms with Gasteiger partial charge >= 0.3 is 0 Å². The Morgan fingerprint density at radius 1 is 1.36 bits per heavy atom. The third kappa shape index (κ3) is 2.59. The van der Waals surface area contributed by atoms with Crippen molar-refractivity contribution in [3.8, 4) is 0 Å². The van der Waals surface area contributed by atoms with E-state index < -0.39 is 0 Å². The maximum Gasteiger partial charge on any atom is 0.0574 e. The second kappa shape index (κ2) is 6.23. The second-order valence-electron chi connectivity index (χ2n) is 3.37. The molecule has 1 fully saturated rings. The molecule has 0 bridgehead atoms. The first kappa shape index (κ1) is 13.7. The highest BCUT2D eigenvalue weighted by atomic mass is 35.5. The van der Waals surface area contributed by atoms with Crippen LogP contribution in [-0.4, -0.2) is 4.98 Å². The van der Waals surface area contributed by atoms with Gasteiger partial charge in [-0.2, -0.15) is 0 Å². The molecular formula is C10H16Cl2N2. The highest BCUT2D eigenvalue weighted by Gasteiger charge is 2.21. The Hall–Kier alpha value is -0.310. The summed E-state index contributed by atoms with van der Waals surface area (Å²) >= 11 is 0. The van der Waals surface area contributed by atoms with Gasteiger partial charge in [0.1, 0.15) is 0 Å². The summed E-state index contributed by atoms with van der Waals surface area (Å²) in [4.78, 5) is 4.28. The van der Waals surface area contributed by atoms with E-state index in [9.17, 15) is 0 Å². The molecule has 0 saturated heterocycles. The third-order valence-corrected chi connectivity index (χ3v) is 2.66. The van der Waals surface area contributed by atoms with Gasteiger partial charge in [-0.25, -0.2) is 0 Å². The average Bonchev–Trinajstić information content (AvgIpc) is 2.02. The predicted octanol–water partition coefficient (Wildman–Crippen LogP) is 2.65. The molecule has 1 aliphatic carbocycles. The Morgan fingerprint density at radius 2 is 2.07 bits per heavy atom. The Bertz CT molecular complexity index is 275. The molecule has 1 heterocycles. The van der Waals surface area contributed by atoms with E-state index in [2.05, 4.69) is 11.1 Å². The zero-order valence-corrected chi connectivity index (χ0v) is 9.61. The van der Waals surface area contributed by atoms with E-state index >= 15 is 0 Å². The minimum Gasteiger partial charge on any atom is -0.325 e. The molecule has 1 aromatic heterocycles. The SMILES string of the molecule is Cl.Cl.NCc1ncccc1C1CCC1. The number of pyridine rings is 1. The Kier molecular flexibility index (Phi) is 6.09. The first-order valence-electron chi connectivity index (χ1n) is 4.55. The number of rotatable bonds is 2. The summed E-state index contributed by atoms with van der Waals surface area (Å²) in [5, 5.41) is 0. The molecule has 80 valence electrons. The topological polar surface area (TPSA) is 38.9 Å². The fraction of sp³-hybridized carbons (Fsp3) is 0.500. The molecule has 0 atom stereocenters. The van der Waals surface area contributed by atoms with E-state index in [-0.39, 0.29) is 24.8 Å². The molecule has 2 N–H and O–H groups in total. The first-order chi connectivity index (χ1) is 5.92. The molecular weight excluding hydrogens is 219 g/mol. The van der Waals surface area contributed by atoms with Crippen molar-refractivity contribution in [1.29, 1.82) is 0 Å². The Balaban J connectivity index is 0.000000845. The van der Waals surface area contributed by atoms with Crippen LogP contribution in [0, 0.1) is 0 Å². The number of nitrogens with two attached hydrogens (primary N) is 1. The summed E-state index contributed by atoms with van der Waals surface area (Å²) in [5.41, 5.74) is 8.07. The van der Waals surface area contributed by atoms with E-state index in [1.54, 1.807) is 0 Å². The minimum absolute atomic E-state index is 0. The van der Waals surface area contributed by atoms with Crippen molar-refractivity contribution in [3.63, 3.8) is 0 Å². The first-order valence-corrected chi connectivity index (χ1v) is 4.55. The number of aromatic nitrogens is 1. The van der Waals surface area contributed by atoms with Gasteiger partial charge < -0.3 is 5.73 Å². The molecule has 2 nitrogen and oxygen atoms in total. The van der Waals surface area contributed by atoms with Crippen LogP contribution in [0.1, 0.15) is 36.4 Å². The molecule has 0 aromatic carbocycles. The van der Waals surface area contributed by atoms with Crippen molar-refractivity contribution >= 4 is 24.8 Å². The van der Waals surface area contributed by atoms with Gasteiger partial charge in [0.15, 0.2) is 0 Å². The quantitative estimate of drug-likeness (QED) is 0.855. The van der Waals surface area contributed by atoms with E-state index in [1.165, 1.54) is 24.8 Å². The standard InChI is InChI=1S/C10H14N2.2ClH/c11-7-10-9(5-2-6-12-10)8-3-1-4-8;;/h2,5-6,8H,1,3-4,7,11H2;2*1H. The van der Waals surface area contributed by atoms with Crippen LogP contribution >= 0.6 is 24.8 Å². The number of halogens is 2. The van der Waals surface area contributed by atoms with Crippen LogP contribution in [-0.2, 0) is 6.54 Å². The molecule has 0 radical (unpaired) electrons. The van der Waals surface area contributed by atoms with Gasteiger partial charge in [-0.05, 0) is 30.4 Å². The average molecular weight is 235 g/mol. The maximum atomic E-state index is 5.60. The van der Waals surface area contributed by atoms with Gasteiger partial charge in [0.25, 0.3) is 0 Å². The van der Waals surface area contributed by atoms with Crippen LogP contribution in [0.4, 0.5) is 0 Å². The second-order valence-corrected chi connectivity index (χ2v) is 3.37. The highest BCUT2D eigenvalue weighted by Crippen LogP contribution is 2.37.